The van der Waals surface area contributed by atoms with E-state index >= 15 is 0 Å². The third-order valence-corrected chi connectivity index (χ3v) is 9.57. The summed E-state index contributed by atoms with van der Waals surface area (Å²) in [5, 5.41) is 3.86. The molecule has 0 bridgehead atoms. The van der Waals surface area contributed by atoms with Crippen molar-refractivity contribution in [2.75, 3.05) is 26.2 Å². The summed E-state index contributed by atoms with van der Waals surface area (Å²) in [5.41, 5.74) is 8.11. The Morgan fingerprint density at radius 2 is 1.76 bits per heavy atom. The maximum Gasteiger partial charge on any atom is 0.410 e. The van der Waals surface area contributed by atoms with E-state index in [1.165, 1.54) is 0 Å². The first-order chi connectivity index (χ1) is 11.3. The summed E-state index contributed by atoms with van der Waals surface area (Å²) < 4.78 is 11.8. The number of amides is 1. The van der Waals surface area contributed by atoms with Gasteiger partial charge in [-0.15, -0.1) is 0 Å². The maximum absolute atomic E-state index is 12.4. The van der Waals surface area contributed by atoms with Crippen molar-refractivity contribution in [2.45, 2.75) is 65.3 Å². The predicted molar refractivity (Wildman–Crippen MR) is 102 cm³/mol. The molecule has 7 nitrogen and oxygen atoms in total. The summed E-state index contributed by atoms with van der Waals surface area (Å²) >= 11 is 0. The van der Waals surface area contributed by atoms with Crippen LogP contribution in [0.3, 0.4) is 0 Å². The van der Waals surface area contributed by atoms with Crippen molar-refractivity contribution >= 4 is 14.4 Å². The van der Waals surface area contributed by atoms with Gasteiger partial charge in [-0.25, -0.2) is 4.79 Å². The molecule has 0 spiro atoms. The second-order valence-electron chi connectivity index (χ2n) is 9.39. The molecular formula is C17H34N4O3Si. The van der Waals surface area contributed by atoms with Crippen LogP contribution in [0.4, 0.5) is 4.79 Å². The van der Waals surface area contributed by atoms with Crippen LogP contribution in [-0.4, -0.2) is 51.2 Å². The van der Waals surface area contributed by atoms with Crippen molar-refractivity contribution in [1.29, 1.82) is 0 Å². The van der Waals surface area contributed by atoms with E-state index in [4.69, 9.17) is 14.7 Å². The van der Waals surface area contributed by atoms with Crippen LogP contribution in [0.1, 0.15) is 41.5 Å². The molecule has 144 valence electrons. The van der Waals surface area contributed by atoms with Gasteiger partial charge in [-0.05, 0) is 50.4 Å². The Balaban J connectivity index is 2.78. The zero-order valence-electron chi connectivity index (χ0n) is 17.0. The first kappa shape index (κ1) is 21.8. The Hall–Kier alpha value is -1.24. The molecule has 1 rings (SSSR count). The van der Waals surface area contributed by atoms with E-state index in [1.807, 2.05) is 20.8 Å². The lowest BCUT2D eigenvalue weighted by Gasteiger charge is -2.37. The minimum Gasteiger partial charge on any atom is -0.444 e. The Morgan fingerprint density at radius 1 is 1.20 bits per heavy atom. The SMILES string of the molecule is CC(C)(C)OC(=O)N1CC(CN=[N+]=[N-])C(CO[Si](C)(C)C(C)(C)C)C1. The van der Waals surface area contributed by atoms with Gasteiger partial charge in [0.15, 0.2) is 8.32 Å². The van der Waals surface area contributed by atoms with Crippen molar-refractivity contribution in [3.8, 4) is 0 Å². The molecule has 0 aromatic carbocycles. The van der Waals surface area contributed by atoms with E-state index in [0.717, 1.165) is 0 Å². The van der Waals surface area contributed by atoms with Crippen LogP contribution in [0.15, 0.2) is 5.11 Å². The monoisotopic (exact) mass is 370 g/mol. The largest absolute Gasteiger partial charge is 0.444 e. The molecule has 0 saturated carbocycles. The third-order valence-electron chi connectivity index (χ3n) is 5.07. The van der Waals surface area contributed by atoms with E-state index in [2.05, 4.69) is 43.9 Å². The minimum atomic E-state index is -1.86. The lowest BCUT2D eigenvalue weighted by Crippen LogP contribution is -2.42. The van der Waals surface area contributed by atoms with Gasteiger partial charge >= 0.3 is 6.09 Å². The average Bonchev–Trinajstić information content (AvgIpc) is 2.83. The van der Waals surface area contributed by atoms with E-state index in [9.17, 15) is 4.79 Å². The number of carbonyl (C=O) groups is 1. The number of rotatable bonds is 5. The fourth-order valence-corrected chi connectivity index (χ4v) is 3.55. The molecule has 0 aromatic rings. The Labute approximate surface area is 152 Å². The van der Waals surface area contributed by atoms with Gasteiger partial charge in [0.05, 0.1) is 0 Å². The van der Waals surface area contributed by atoms with Gasteiger partial charge in [0.25, 0.3) is 0 Å². The van der Waals surface area contributed by atoms with Crippen molar-refractivity contribution in [1.82, 2.24) is 4.90 Å². The minimum absolute atomic E-state index is 0.105. The fourth-order valence-electron chi connectivity index (χ4n) is 2.48. The topological polar surface area (TPSA) is 87.5 Å². The summed E-state index contributed by atoms with van der Waals surface area (Å²) in [5.74, 6) is 0.264. The number of likely N-dealkylation sites (tertiary alicyclic amines) is 1. The van der Waals surface area contributed by atoms with Gasteiger partial charge in [0.1, 0.15) is 5.60 Å². The van der Waals surface area contributed by atoms with E-state index in [1.54, 1.807) is 4.90 Å². The molecule has 2 unspecified atom stereocenters. The van der Waals surface area contributed by atoms with E-state index in [-0.39, 0.29) is 23.0 Å². The van der Waals surface area contributed by atoms with Gasteiger partial charge in [0.2, 0.25) is 0 Å². The molecule has 1 amide bonds. The molecule has 0 aromatic heterocycles. The fraction of sp³-hybridized carbons (Fsp3) is 0.941. The lowest BCUT2D eigenvalue weighted by molar-refractivity contribution is 0.0281. The van der Waals surface area contributed by atoms with Crippen molar-refractivity contribution < 1.29 is 14.0 Å². The van der Waals surface area contributed by atoms with E-state index < -0.39 is 13.9 Å². The molecule has 25 heavy (non-hydrogen) atoms. The summed E-state index contributed by atoms with van der Waals surface area (Å²) in [4.78, 5) is 16.9. The molecular weight excluding hydrogens is 336 g/mol. The smallest absolute Gasteiger partial charge is 0.410 e. The number of hydrogen-bond donors (Lipinski definition) is 0. The zero-order valence-corrected chi connectivity index (χ0v) is 18.0. The molecule has 1 aliphatic heterocycles. The molecule has 8 heteroatoms. The molecule has 1 heterocycles. The van der Waals surface area contributed by atoms with Crippen LogP contribution in [0.2, 0.25) is 18.1 Å². The highest BCUT2D eigenvalue weighted by atomic mass is 28.4. The predicted octanol–water partition coefficient (Wildman–Crippen LogP) is 4.80. The second kappa shape index (κ2) is 7.97. The van der Waals surface area contributed by atoms with Crippen molar-refractivity contribution in [3.63, 3.8) is 0 Å². The van der Waals surface area contributed by atoms with Crippen molar-refractivity contribution in [3.05, 3.63) is 10.4 Å². The molecule has 0 aliphatic carbocycles. The maximum atomic E-state index is 12.4. The lowest BCUT2D eigenvalue weighted by atomic mass is 9.97. The third kappa shape index (κ3) is 6.53. The summed E-state index contributed by atoms with van der Waals surface area (Å²) in [7, 11) is -1.86. The first-order valence-electron chi connectivity index (χ1n) is 8.89. The normalized spacial score (nSPS) is 21.8. The zero-order chi connectivity index (χ0) is 19.5. The molecule has 2 atom stereocenters. The average molecular weight is 371 g/mol. The molecule has 1 aliphatic rings. The number of nitrogens with zero attached hydrogens (tertiary/aromatic N) is 4. The highest BCUT2D eigenvalue weighted by Crippen LogP contribution is 2.37. The van der Waals surface area contributed by atoms with Crippen molar-refractivity contribution in [2.24, 2.45) is 17.0 Å². The quantitative estimate of drug-likeness (QED) is 0.301. The highest BCUT2D eigenvalue weighted by Gasteiger charge is 2.41. The van der Waals surface area contributed by atoms with Crippen LogP contribution in [0.25, 0.3) is 10.4 Å². The van der Waals surface area contributed by atoms with Gasteiger partial charge in [-0.3, -0.25) is 0 Å². The highest BCUT2D eigenvalue weighted by molar-refractivity contribution is 6.74. The number of azide groups is 1. The van der Waals surface area contributed by atoms with Gasteiger partial charge < -0.3 is 14.1 Å². The summed E-state index contributed by atoms with van der Waals surface area (Å²) in [6.45, 7) is 18.7. The summed E-state index contributed by atoms with van der Waals surface area (Å²) in [6, 6.07) is 0. The Morgan fingerprint density at radius 3 is 2.24 bits per heavy atom. The van der Waals surface area contributed by atoms with E-state index in [0.29, 0.717) is 26.2 Å². The van der Waals surface area contributed by atoms with Gasteiger partial charge in [-0.1, -0.05) is 25.9 Å². The first-order valence-corrected chi connectivity index (χ1v) is 11.8. The molecule has 1 saturated heterocycles. The summed E-state index contributed by atoms with van der Waals surface area (Å²) in [6.07, 6.45) is -0.312. The number of ether oxygens (including phenoxy) is 1. The van der Waals surface area contributed by atoms with Gasteiger partial charge in [0, 0.05) is 37.1 Å². The van der Waals surface area contributed by atoms with Crippen LogP contribution in [-0.2, 0) is 9.16 Å². The van der Waals surface area contributed by atoms with Crippen LogP contribution in [0.5, 0.6) is 0 Å². The van der Waals surface area contributed by atoms with Crippen LogP contribution < -0.4 is 0 Å². The molecule has 0 radical (unpaired) electrons. The Bertz CT molecular complexity index is 519. The standard InChI is InChI=1S/C17H34N4O3Si/c1-16(2,3)24-15(22)21-10-13(9-19-20-18)14(11-21)12-23-25(7,8)17(4,5)6/h13-14H,9-12H2,1-8H3. The second-order valence-corrected chi connectivity index (χ2v) is 14.2. The molecule has 0 N–H and O–H groups in total. The van der Waals surface area contributed by atoms with Crippen LogP contribution >= 0.6 is 0 Å². The van der Waals surface area contributed by atoms with Gasteiger partial charge in [-0.2, -0.15) is 0 Å². The Kier molecular flexibility index (Phi) is 6.95. The number of carbonyl (C=O) groups excluding carboxylic acids is 1. The molecule has 1 fully saturated rings. The van der Waals surface area contributed by atoms with Crippen LogP contribution in [0, 0.1) is 11.8 Å². The number of hydrogen-bond acceptors (Lipinski definition) is 4.